The van der Waals surface area contributed by atoms with Crippen molar-refractivity contribution in [2.24, 2.45) is 0 Å². The predicted octanol–water partition coefficient (Wildman–Crippen LogP) is -5.67. The fourth-order valence-corrected chi connectivity index (χ4v) is 0. The van der Waals surface area contributed by atoms with E-state index in [9.17, 15) is 0 Å². The summed E-state index contributed by atoms with van der Waals surface area (Å²) >= 11 is 0. The molecule has 19 heteroatoms. The van der Waals surface area contributed by atoms with E-state index in [4.69, 9.17) is 38.5 Å². The molecule has 0 fully saturated rings. The maximum atomic E-state index is 8.55. The van der Waals surface area contributed by atoms with Gasteiger partial charge in [0.25, 0.3) is 0 Å². The fraction of sp³-hybridized carbons (Fsp3) is 0. The Kier molecular flexibility index (Phi) is 152. The summed E-state index contributed by atoms with van der Waals surface area (Å²) in [6.45, 7) is 0. The van der Waals surface area contributed by atoms with E-state index in [0.717, 1.165) is 0 Å². The first-order valence-electron chi connectivity index (χ1n) is 1.46. The van der Waals surface area contributed by atoms with Gasteiger partial charge in [-0.3, -0.25) is 0 Å². The van der Waals surface area contributed by atoms with Crippen LogP contribution >= 0.6 is 15.6 Å². The van der Waals surface area contributed by atoms with Gasteiger partial charge in [-0.2, -0.15) is 15.6 Å². The quantitative estimate of drug-likeness (QED) is 0.176. The van der Waals surface area contributed by atoms with Gasteiger partial charge in [-0.25, -0.2) is 0 Å². The van der Waals surface area contributed by atoms with Crippen LogP contribution in [0.2, 0.25) is 0 Å². The fourth-order valence-electron chi connectivity index (χ4n) is 0. The van der Waals surface area contributed by atoms with E-state index < -0.39 is 15.6 Å². The zero-order chi connectivity index (χ0) is 9.00. The molecule has 0 aromatic rings. The van der Waals surface area contributed by atoms with E-state index >= 15 is 0 Å². The van der Waals surface area contributed by atoms with E-state index in [1.54, 1.807) is 0 Å². The normalized spacial score (nSPS) is 6.21. The second-order valence-electron chi connectivity index (χ2n) is 0.894. The van der Waals surface area contributed by atoms with Gasteiger partial charge in [-0.1, -0.05) is 0 Å². The summed E-state index contributed by atoms with van der Waals surface area (Å²) in [7, 11) is -10.8. The van der Waals surface area contributed by atoms with Crippen molar-refractivity contribution in [2.75, 3.05) is 0 Å². The van der Waals surface area contributed by atoms with Crippen molar-refractivity contribution >= 4 is 15.6 Å². The zero-order valence-electron chi connectivity index (χ0n) is 8.36. The van der Waals surface area contributed by atoms with Gasteiger partial charge in [0.15, 0.2) is 0 Å². The molecule has 0 saturated carbocycles. The van der Waals surface area contributed by atoms with Crippen LogP contribution in [0.1, 0.15) is 0 Å². The average Bonchev–Trinajstić information content (AvgIpc) is 1.12. The van der Waals surface area contributed by atoms with E-state index in [0.29, 0.717) is 0 Å². The second-order valence-corrected chi connectivity index (χ2v) is 2.68. The Morgan fingerprint density at radius 3 is 0.474 bits per heavy atom. The molecule has 0 N–H and O–H groups in total. The molecule has 0 unspecified atom stereocenters. The monoisotopic (exact) mass is 720 g/mol. The maximum Gasteiger partial charge on any atom is 2.00 e. The van der Waals surface area contributed by atoms with Crippen molar-refractivity contribution in [3.05, 3.63) is 0 Å². The Labute approximate surface area is 210 Å². The van der Waals surface area contributed by atoms with Gasteiger partial charge < -0.3 is 38.5 Å². The minimum Gasteiger partial charge on any atom is -0.822 e. The van der Waals surface area contributed by atoms with Crippen molar-refractivity contribution in [3.63, 3.8) is 0 Å². The molecule has 8 nitrogen and oxygen atoms in total. The minimum atomic E-state index is -5.39. The zero-order valence-corrected chi connectivity index (χ0v) is 25.6. The summed E-state index contributed by atoms with van der Waals surface area (Å²) in [5, 5.41) is 0. The molecule has 0 aliphatic heterocycles. The summed E-state index contributed by atoms with van der Waals surface area (Å²) < 4.78 is 17.1. The molecule has 0 amide bonds. The molecule has 0 aromatic heterocycles. The van der Waals surface area contributed by atoms with Crippen molar-refractivity contribution in [1.82, 2.24) is 0 Å². The topological polar surface area (TPSA) is 172 Å². The molecule has 0 bridgehead atoms. The van der Waals surface area contributed by atoms with E-state index in [2.05, 4.69) is 0 Å². The molecule has 0 spiro atoms. The Morgan fingerprint density at radius 2 is 0.474 bits per heavy atom. The molecule has 0 heterocycles. The molecular weight excluding hydrogens is 727 g/mol. The first-order chi connectivity index (χ1) is 4.00. The van der Waals surface area contributed by atoms with Gasteiger partial charge in [-0.05, 0) is 0 Å². The molecule has 0 aliphatic rings. The Bertz CT molecular complexity index is 153. The summed E-state index contributed by atoms with van der Waals surface area (Å²) in [4.78, 5) is 51.3. The van der Waals surface area contributed by atoms with Crippen molar-refractivity contribution in [1.29, 1.82) is 0 Å². The summed E-state index contributed by atoms with van der Waals surface area (Å²) in [6.07, 6.45) is 0. The van der Waals surface area contributed by atoms with Gasteiger partial charge >= 0.3 is 49.5 Å². The second kappa shape index (κ2) is 38.6. The van der Waals surface area contributed by atoms with Crippen LogP contribution in [0.25, 0.3) is 0 Å². The Morgan fingerprint density at radius 1 is 0.474 bits per heavy atom. The van der Waals surface area contributed by atoms with Crippen LogP contribution in [0.15, 0.2) is 0 Å². The summed E-state index contributed by atoms with van der Waals surface area (Å²) in [5.41, 5.74) is 0. The van der Waals surface area contributed by atoms with E-state index in [1.165, 1.54) is 0 Å². The molecule has 3 radical (unpaired) electrons. The molecular formula is Mn3Ni3O8P2Zn3. The average molecular weight is 727 g/mol. The molecule has 0 aromatic carbocycles. The van der Waals surface area contributed by atoms with E-state index in [1.807, 2.05) is 0 Å². The number of rotatable bonds is 0. The SMILES string of the molecule is O=P([O-])([O-])[O-].O=P([O-])([O-])[O-].[Mn].[Mn].[Mn].[Ni+2].[Ni+2].[Ni+2].[Zn].[Zn].[Zn]. The standard InChI is InChI=1S/3Mn.3Ni.2H3O4P.3Zn/c;;;;;;2*1-5(2,3)4;;;/h;;;;;;2*(H3,1,2,3,4);;;/q;;;3*+2;;;;;/p-6. The van der Waals surface area contributed by atoms with Crippen molar-refractivity contribution < 1.29 is 198 Å². The third kappa shape index (κ3) is 392. The van der Waals surface area contributed by atoms with Crippen LogP contribution in [0.4, 0.5) is 0 Å². The molecule has 0 atom stereocenters. The Balaban J connectivity index is -0.00000000508. The van der Waals surface area contributed by atoms with E-state index in [-0.39, 0.29) is 159 Å². The van der Waals surface area contributed by atoms with Gasteiger partial charge in [-0.15, -0.1) is 0 Å². The van der Waals surface area contributed by atoms with Crippen LogP contribution in [-0.2, 0) is 168 Å². The van der Waals surface area contributed by atoms with Crippen LogP contribution in [-0.4, -0.2) is 0 Å². The number of phosphoric acid groups is 2. The van der Waals surface area contributed by atoms with Crippen LogP contribution in [0.3, 0.4) is 0 Å². The first kappa shape index (κ1) is 74.9. The summed E-state index contributed by atoms with van der Waals surface area (Å²) in [6, 6.07) is 0. The van der Waals surface area contributed by atoms with Crippen molar-refractivity contribution in [3.8, 4) is 0 Å². The maximum absolute atomic E-state index is 8.55. The number of hydrogen-bond acceptors (Lipinski definition) is 8. The predicted molar refractivity (Wildman–Crippen MR) is 15.2 cm³/mol. The molecule has 115 valence electrons. The smallest absolute Gasteiger partial charge is 0.822 e. The van der Waals surface area contributed by atoms with Gasteiger partial charge in [0, 0.05) is 110 Å². The van der Waals surface area contributed by atoms with Gasteiger partial charge in [0.05, 0.1) is 0 Å². The molecule has 0 aliphatic carbocycles. The van der Waals surface area contributed by atoms with Crippen LogP contribution in [0.5, 0.6) is 0 Å². The van der Waals surface area contributed by atoms with Crippen LogP contribution in [0, 0.1) is 0 Å². The third-order valence-electron chi connectivity index (χ3n) is 0. The van der Waals surface area contributed by atoms with Gasteiger partial charge in [0.2, 0.25) is 0 Å². The number of hydrogen-bond donors (Lipinski definition) is 0. The molecule has 19 heavy (non-hydrogen) atoms. The largest absolute Gasteiger partial charge is 2.00 e. The first-order valence-corrected chi connectivity index (χ1v) is 4.38. The Hall–Kier alpha value is 5.13. The third-order valence-corrected chi connectivity index (χ3v) is 0. The molecule has 0 saturated heterocycles. The van der Waals surface area contributed by atoms with Crippen LogP contribution < -0.4 is 29.4 Å². The minimum absolute atomic E-state index is 0. The van der Waals surface area contributed by atoms with Gasteiger partial charge in [0.1, 0.15) is 0 Å². The van der Waals surface area contributed by atoms with Crippen molar-refractivity contribution in [2.45, 2.75) is 0 Å². The summed E-state index contributed by atoms with van der Waals surface area (Å²) in [5.74, 6) is 0. The molecule has 0 rings (SSSR count).